The Morgan fingerprint density at radius 3 is 2.36 bits per heavy atom. The number of anilines is 1. The number of carbonyl (C=O) groups excluding carboxylic acids is 4. The second-order valence-corrected chi connectivity index (χ2v) is 12.5. The summed E-state index contributed by atoms with van der Waals surface area (Å²) in [5.74, 6) is -2.04. The first kappa shape index (κ1) is 28.7. The molecule has 3 aromatic carbocycles. The Labute approximate surface area is 265 Å². The summed E-state index contributed by atoms with van der Waals surface area (Å²) in [7, 11) is 0. The Morgan fingerprint density at radius 2 is 1.69 bits per heavy atom. The maximum absolute atomic E-state index is 13.4. The molecule has 2 bridgehead atoms. The minimum atomic E-state index is -0.764. The van der Waals surface area contributed by atoms with Crippen LogP contribution in [0.15, 0.2) is 83.4 Å². The first-order valence-electron chi connectivity index (χ1n) is 14.3. The topological polar surface area (TPSA) is 137 Å². The van der Waals surface area contributed by atoms with Gasteiger partial charge in [0.2, 0.25) is 17.6 Å². The number of nitrogens with zero attached hydrogens (tertiary/aromatic N) is 3. The van der Waals surface area contributed by atoms with Crippen LogP contribution in [0.2, 0.25) is 0 Å². The number of esters is 1. The maximum Gasteiger partial charge on any atom is 0.339 e. The van der Waals surface area contributed by atoms with Gasteiger partial charge in [0.1, 0.15) is 0 Å². The van der Waals surface area contributed by atoms with Crippen molar-refractivity contribution in [2.45, 2.75) is 13.3 Å². The van der Waals surface area contributed by atoms with E-state index >= 15 is 0 Å². The van der Waals surface area contributed by atoms with Crippen molar-refractivity contribution in [3.63, 3.8) is 0 Å². The molecule has 2 fully saturated rings. The SMILES string of the molecule is Cc1cc(Br)cc2c(C(=O)OCC(=O)c3cccc([N+](=O)[O-])c3)cc(-c3ccc(N4C(=O)C5C6C=CC(C6)C5C4=O)cc3)nc12. The van der Waals surface area contributed by atoms with Gasteiger partial charge in [-0.15, -0.1) is 0 Å². The molecule has 10 nitrogen and oxygen atoms in total. The van der Waals surface area contributed by atoms with E-state index in [2.05, 4.69) is 28.1 Å². The minimum Gasteiger partial charge on any atom is -0.454 e. The van der Waals surface area contributed by atoms with Crippen LogP contribution in [-0.2, 0) is 14.3 Å². The molecule has 4 unspecified atom stereocenters. The number of benzene rings is 3. The lowest BCUT2D eigenvalue weighted by molar-refractivity contribution is -0.384. The highest BCUT2D eigenvalue weighted by molar-refractivity contribution is 9.10. The van der Waals surface area contributed by atoms with Crippen molar-refractivity contribution in [1.82, 2.24) is 4.98 Å². The van der Waals surface area contributed by atoms with Crippen LogP contribution < -0.4 is 4.90 Å². The molecule has 1 aliphatic heterocycles. The Kier molecular flexibility index (Phi) is 6.92. The largest absolute Gasteiger partial charge is 0.454 e. The summed E-state index contributed by atoms with van der Waals surface area (Å²) in [6, 6.07) is 17.3. The molecule has 45 heavy (non-hydrogen) atoms. The van der Waals surface area contributed by atoms with E-state index in [9.17, 15) is 29.3 Å². The first-order chi connectivity index (χ1) is 21.6. The number of aromatic nitrogens is 1. The molecule has 1 aromatic heterocycles. The number of fused-ring (bicyclic) bond motifs is 6. The molecule has 4 aromatic rings. The highest BCUT2D eigenvalue weighted by atomic mass is 79.9. The highest BCUT2D eigenvalue weighted by Crippen LogP contribution is 2.53. The van der Waals surface area contributed by atoms with Crippen LogP contribution in [0.3, 0.4) is 0 Å². The highest BCUT2D eigenvalue weighted by Gasteiger charge is 2.59. The number of aryl methyl sites for hydroxylation is 1. The average Bonchev–Trinajstić information content (AvgIpc) is 3.72. The predicted molar refractivity (Wildman–Crippen MR) is 168 cm³/mol. The third-order valence-electron chi connectivity index (χ3n) is 8.89. The van der Waals surface area contributed by atoms with Gasteiger partial charge < -0.3 is 4.74 Å². The smallest absolute Gasteiger partial charge is 0.339 e. The number of nitro benzene ring substituents is 1. The Hall–Kier alpha value is -5.03. The molecular formula is C34H24BrN3O7. The van der Waals surface area contributed by atoms with Gasteiger partial charge in [0.25, 0.3) is 5.69 Å². The van der Waals surface area contributed by atoms with Crippen LogP contribution in [0.1, 0.15) is 32.7 Å². The molecule has 2 heterocycles. The first-order valence-corrected chi connectivity index (χ1v) is 15.1. The van der Waals surface area contributed by atoms with Gasteiger partial charge >= 0.3 is 5.97 Å². The van der Waals surface area contributed by atoms with Gasteiger partial charge in [-0.2, -0.15) is 0 Å². The number of Topliss-reactive ketones (excluding diaryl/α,β-unsaturated/α-hetero) is 1. The molecule has 2 aliphatic carbocycles. The van der Waals surface area contributed by atoms with Crippen LogP contribution in [0.5, 0.6) is 0 Å². The van der Waals surface area contributed by atoms with Crippen molar-refractivity contribution >= 4 is 61.8 Å². The molecular weight excluding hydrogens is 642 g/mol. The molecule has 0 spiro atoms. The molecule has 1 saturated carbocycles. The summed E-state index contributed by atoms with van der Waals surface area (Å²) >= 11 is 3.47. The summed E-state index contributed by atoms with van der Waals surface area (Å²) < 4.78 is 6.13. The number of allylic oxidation sites excluding steroid dienone is 2. The molecule has 2 amide bonds. The van der Waals surface area contributed by atoms with Crippen molar-refractivity contribution in [3.05, 3.63) is 110 Å². The number of non-ortho nitro benzene ring substituents is 1. The van der Waals surface area contributed by atoms with E-state index in [0.29, 0.717) is 27.8 Å². The lowest BCUT2D eigenvalue weighted by Gasteiger charge is -2.18. The molecule has 11 heteroatoms. The number of carbonyl (C=O) groups is 4. The van der Waals surface area contributed by atoms with Crippen LogP contribution in [0.4, 0.5) is 11.4 Å². The van der Waals surface area contributed by atoms with Gasteiger partial charge in [0.15, 0.2) is 6.61 Å². The summed E-state index contributed by atoms with van der Waals surface area (Å²) in [5.41, 5.74) is 2.92. The third-order valence-corrected chi connectivity index (χ3v) is 9.35. The standard InChI is InChI=1S/C34H24BrN3O7/c1-17-11-22(35)14-25-26(34(42)45-16-28(39)19-3-2-4-24(13-19)38(43)44)15-27(36-31(17)25)18-7-9-23(10-8-18)37-32(40)29-20-5-6-21(12-20)30(29)33(37)41/h2-11,13-15,20-21,29-30H,12,16H2,1H3. The van der Waals surface area contributed by atoms with Crippen molar-refractivity contribution in [3.8, 4) is 11.3 Å². The van der Waals surface area contributed by atoms with E-state index in [1.54, 1.807) is 36.4 Å². The number of imide groups is 1. The minimum absolute atomic E-state index is 0.0541. The second-order valence-electron chi connectivity index (χ2n) is 11.5. The van der Waals surface area contributed by atoms with E-state index in [-0.39, 0.29) is 52.3 Å². The Bertz CT molecular complexity index is 1980. The van der Waals surface area contributed by atoms with Crippen LogP contribution in [0.25, 0.3) is 22.2 Å². The van der Waals surface area contributed by atoms with Gasteiger partial charge in [-0.05, 0) is 61.1 Å². The number of halogens is 1. The molecule has 3 aliphatic rings. The molecule has 1 saturated heterocycles. The molecule has 224 valence electrons. The zero-order valence-corrected chi connectivity index (χ0v) is 25.4. The number of ketones is 1. The number of hydrogen-bond acceptors (Lipinski definition) is 8. The summed E-state index contributed by atoms with van der Waals surface area (Å²) in [4.78, 5) is 69.3. The zero-order valence-electron chi connectivity index (χ0n) is 23.8. The number of rotatable bonds is 7. The number of hydrogen-bond donors (Lipinski definition) is 0. The Morgan fingerprint density at radius 1 is 1.00 bits per heavy atom. The van der Waals surface area contributed by atoms with Crippen molar-refractivity contribution in [1.29, 1.82) is 0 Å². The third kappa shape index (κ3) is 4.83. The fourth-order valence-electron chi connectivity index (χ4n) is 6.80. The van der Waals surface area contributed by atoms with E-state index < -0.39 is 23.3 Å². The summed E-state index contributed by atoms with van der Waals surface area (Å²) in [6.07, 6.45) is 4.97. The van der Waals surface area contributed by atoms with E-state index in [1.807, 2.05) is 13.0 Å². The summed E-state index contributed by atoms with van der Waals surface area (Å²) in [5, 5.41) is 11.6. The van der Waals surface area contributed by atoms with Crippen molar-refractivity contribution in [2.24, 2.45) is 23.7 Å². The number of amides is 2. The number of nitro groups is 1. The number of ether oxygens (including phenoxy) is 1. The monoisotopic (exact) mass is 665 g/mol. The zero-order chi connectivity index (χ0) is 31.6. The van der Waals surface area contributed by atoms with E-state index in [0.717, 1.165) is 22.5 Å². The van der Waals surface area contributed by atoms with Gasteiger partial charge in [-0.1, -0.05) is 52.3 Å². The predicted octanol–water partition coefficient (Wildman–Crippen LogP) is 6.23. The molecule has 4 atom stereocenters. The summed E-state index contributed by atoms with van der Waals surface area (Å²) in [6.45, 7) is 1.25. The van der Waals surface area contributed by atoms with Crippen molar-refractivity contribution < 1.29 is 28.8 Å². The van der Waals surface area contributed by atoms with Crippen LogP contribution in [0, 0.1) is 40.7 Å². The van der Waals surface area contributed by atoms with Crippen LogP contribution >= 0.6 is 15.9 Å². The Balaban J connectivity index is 1.18. The maximum atomic E-state index is 13.4. The van der Waals surface area contributed by atoms with Gasteiger partial charge in [0.05, 0.1) is 39.2 Å². The quantitative estimate of drug-likeness (QED) is 0.0566. The van der Waals surface area contributed by atoms with Crippen molar-refractivity contribution in [2.75, 3.05) is 11.5 Å². The van der Waals surface area contributed by atoms with Gasteiger partial charge in [0, 0.05) is 33.1 Å². The molecule has 7 rings (SSSR count). The lowest BCUT2D eigenvalue weighted by atomic mass is 9.85. The molecule has 0 radical (unpaired) electrons. The number of pyridine rings is 1. The second kappa shape index (κ2) is 10.8. The van der Waals surface area contributed by atoms with Gasteiger partial charge in [-0.25, -0.2) is 9.78 Å². The fraction of sp³-hybridized carbons (Fsp3) is 0.206. The van der Waals surface area contributed by atoms with E-state index in [4.69, 9.17) is 9.72 Å². The van der Waals surface area contributed by atoms with Gasteiger partial charge in [-0.3, -0.25) is 29.4 Å². The van der Waals surface area contributed by atoms with Crippen LogP contribution in [-0.4, -0.2) is 40.1 Å². The average molecular weight is 666 g/mol. The fourth-order valence-corrected chi connectivity index (χ4v) is 7.37. The normalized spacial score (nSPS) is 21.4. The molecule has 0 N–H and O–H groups in total. The lowest BCUT2D eigenvalue weighted by Crippen LogP contribution is -2.32. The van der Waals surface area contributed by atoms with E-state index in [1.165, 1.54) is 23.1 Å².